The second-order valence-corrected chi connectivity index (χ2v) is 7.27. The van der Waals surface area contributed by atoms with Crippen molar-refractivity contribution in [3.8, 4) is 5.75 Å². The SMILES string of the molecule is CN=C(NCc1cccc(C(=O)NC)c1)NCc1ccc(C)cc1OC1CCOC1.I. The smallest absolute Gasteiger partial charge is 0.251 e. The van der Waals surface area contributed by atoms with Crippen molar-refractivity contribution in [2.45, 2.75) is 32.5 Å². The number of nitrogens with one attached hydrogen (secondary N) is 3. The van der Waals surface area contributed by atoms with Gasteiger partial charge in [0, 0.05) is 44.7 Å². The average molecular weight is 538 g/mol. The van der Waals surface area contributed by atoms with Gasteiger partial charge < -0.3 is 25.4 Å². The molecule has 3 rings (SSSR count). The average Bonchev–Trinajstić information content (AvgIpc) is 3.27. The molecule has 0 aliphatic carbocycles. The van der Waals surface area contributed by atoms with E-state index >= 15 is 0 Å². The molecule has 2 aromatic rings. The second-order valence-electron chi connectivity index (χ2n) is 7.27. The summed E-state index contributed by atoms with van der Waals surface area (Å²) in [6, 6.07) is 13.7. The molecule has 1 aliphatic rings. The van der Waals surface area contributed by atoms with Crippen molar-refractivity contribution in [1.82, 2.24) is 16.0 Å². The normalized spacial score (nSPS) is 15.7. The Hall–Kier alpha value is -2.33. The van der Waals surface area contributed by atoms with Gasteiger partial charge in [0.1, 0.15) is 11.9 Å². The van der Waals surface area contributed by atoms with Gasteiger partial charge in [0.2, 0.25) is 0 Å². The van der Waals surface area contributed by atoms with Gasteiger partial charge >= 0.3 is 0 Å². The molecule has 31 heavy (non-hydrogen) atoms. The number of hydrogen-bond donors (Lipinski definition) is 3. The molecule has 0 saturated carbocycles. The molecule has 1 amide bonds. The maximum atomic E-state index is 11.8. The van der Waals surface area contributed by atoms with Crippen LogP contribution in [0.15, 0.2) is 47.5 Å². The minimum Gasteiger partial charge on any atom is -0.488 e. The predicted molar refractivity (Wildman–Crippen MR) is 133 cm³/mol. The highest BCUT2D eigenvalue weighted by Gasteiger charge is 2.18. The van der Waals surface area contributed by atoms with E-state index in [2.05, 4.69) is 46.1 Å². The second kappa shape index (κ2) is 12.5. The Morgan fingerprint density at radius 2 is 2.00 bits per heavy atom. The van der Waals surface area contributed by atoms with Crippen LogP contribution < -0.4 is 20.7 Å². The van der Waals surface area contributed by atoms with Crippen LogP contribution in [0.25, 0.3) is 0 Å². The van der Waals surface area contributed by atoms with Crippen molar-refractivity contribution in [3.05, 3.63) is 64.7 Å². The summed E-state index contributed by atoms with van der Waals surface area (Å²) in [5.74, 6) is 1.46. The van der Waals surface area contributed by atoms with Crippen LogP contribution in [0, 0.1) is 6.92 Å². The van der Waals surface area contributed by atoms with Gasteiger partial charge in [-0.05, 0) is 36.2 Å². The molecule has 1 atom stereocenters. The number of carbonyl (C=O) groups is 1. The van der Waals surface area contributed by atoms with E-state index in [1.807, 2.05) is 18.2 Å². The number of aliphatic imine (C=N–C) groups is 1. The number of hydrogen-bond acceptors (Lipinski definition) is 4. The van der Waals surface area contributed by atoms with Crippen molar-refractivity contribution in [2.75, 3.05) is 27.3 Å². The van der Waals surface area contributed by atoms with E-state index < -0.39 is 0 Å². The van der Waals surface area contributed by atoms with Crippen LogP contribution >= 0.6 is 24.0 Å². The lowest BCUT2D eigenvalue weighted by Crippen LogP contribution is -2.36. The van der Waals surface area contributed by atoms with Gasteiger partial charge in [-0.3, -0.25) is 9.79 Å². The molecule has 1 aliphatic heterocycles. The van der Waals surface area contributed by atoms with Gasteiger partial charge in [-0.1, -0.05) is 24.3 Å². The fraction of sp³-hybridized carbons (Fsp3) is 0.391. The highest BCUT2D eigenvalue weighted by molar-refractivity contribution is 14.0. The first kappa shape index (κ1) is 24.9. The van der Waals surface area contributed by atoms with Gasteiger partial charge in [0.15, 0.2) is 5.96 Å². The number of ether oxygens (including phenoxy) is 2. The largest absolute Gasteiger partial charge is 0.488 e. The number of nitrogens with zero attached hydrogens (tertiary/aromatic N) is 1. The number of aryl methyl sites for hydroxylation is 1. The summed E-state index contributed by atoms with van der Waals surface area (Å²) in [7, 11) is 3.36. The van der Waals surface area contributed by atoms with Gasteiger partial charge in [0.25, 0.3) is 5.91 Å². The first-order valence-corrected chi connectivity index (χ1v) is 10.2. The molecule has 3 N–H and O–H groups in total. The van der Waals surface area contributed by atoms with Crippen LogP contribution in [0.1, 0.15) is 33.5 Å². The molecule has 168 valence electrons. The van der Waals surface area contributed by atoms with E-state index in [1.54, 1.807) is 20.2 Å². The first-order valence-electron chi connectivity index (χ1n) is 10.2. The number of guanidine groups is 1. The number of halogens is 1. The van der Waals surface area contributed by atoms with Crippen LogP contribution in [0.3, 0.4) is 0 Å². The number of benzene rings is 2. The Labute approximate surface area is 201 Å². The molecule has 8 heteroatoms. The highest BCUT2D eigenvalue weighted by Crippen LogP contribution is 2.23. The summed E-state index contributed by atoms with van der Waals surface area (Å²) >= 11 is 0. The van der Waals surface area contributed by atoms with Crippen molar-refractivity contribution in [1.29, 1.82) is 0 Å². The number of rotatable bonds is 7. The molecule has 2 aromatic carbocycles. The summed E-state index contributed by atoms with van der Waals surface area (Å²) in [6.45, 7) is 4.59. The lowest BCUT2D eigenvalue weighted by Gasteiger charge is -2.18. The molecule has 1 unspecified atom stereocenters. The summed E-state index contributed by atoms with van der Waals surface area (Å²) in [6.07, 6.45) is 1.02. The topological polar surface area (TPSA) is 84.0 Å². The molecule has 1 saturated heterocycles. The van der Waals surface area contributed by atoms with Crippen LogP contribution in [-0.4, -0.2) is 45.3 Å². The fourth-order valence-electron chi connectivity index (χ4n) is 3.26. The number of carbonyl (C=O) groups excluding carboxylic acids is 1. The Balaban J connectivity index is 0.00000341. The summed E-state index contributed by atoms with van der Waals surface area (Å²) in [4.78, 5) is 16.1. The van der Waals surface area contributed by atoms with E-state index in [0.717, 1.165) is 35.5 Å². The molecular formula is C23H31IN4O3. The summed E-state index contributed by atoms with van der Waals surface area (Å²) < 4.78 is 11.6. The molecule has 0 spiro atoms. The first-order chi connectivity index (χ1) is 14.6. The van der Waals surface area contributed by atoms with E-state index in [9.17, 15) is 4.79 Å². The molecule has 1 fully saturated rings. The molecular weight excluding hydrogens is 507 g/mol. The minimum atomic E-state index is -0.0982. The van der Waals surface area contributed by atoms with Crippen molar-refractivity contribution in [3.63, 3.8) is 0 Å². The Morgan fingerprint density at radius 3 is 2.71 bits per heavy atom. The third-order valence-corrected chi connectivity index (χ3v) is 4.95. The van der Waals surface area contributed by atoms with E-state index in [0.29, 0.717) is 31.2 Å². The third kappa shape index (κ3) is 7.39. The third-order valence-electron chi connectivity index (χ3n) is 4.95. The maximum Gasteiger partial charge on any atom is 0.251 e. The van der Waals surface area contributed by atoms with Gasteiger partial charge in [-0.15, -0.1) is 24.0 Å². The molecule has 0 radical (unpaired) electrons. The minimum absolute atomic E-state index is 0. The lowest BCUT2D eigenvalue weighted by atomic mass is 10.1. The molecule has 7 nitrogen and oxygen atoms in total. The molecule has 0 bridgehead atoms. The van der Waals surface area contributed by atoms with Crippen molar-refractivity contribution >= 4 is 35.8 Å². The van der Waals surface area contributed by atoms with E-state index in [-0.39, 0.29) is 36.0 Å². The van der Waals surface area contributed by atoms with Crippen molar-refractivity contribution < 1.29 is 14.3 Å². The molecule has 1 heterocycles. The quantitative estimate of drug-likeness (QED) is 0.287. The Kier molecular flexibility index (Phi) is 10.1. The van der Waals surface area contributed by atoms with E-state index in [1.165, 1.54) is 0 Å². The summed E-state index contributed by atoms with van der Waals surface area (Å²) in [5, 5.41) is 9.27. The zero-order valence-electron chi connectivity index (χ0n) is 18.2. The van der Waals surface area contributed by atoms with Crippen LogP contribution in [-0.2, 0) is 17.8 Å². The van der Waals surface area contributed by atoms with Gasteiger partial charge in [0.05, 0.1) is 13.2 Å². The predicted octanol–water partition coefficient (Wildman–Crippen LogP) is 3.01. The lowest BCUT2D eigenvalue weighted by molar-refractivity contribution is 0.0963. The Bertz CT molecular complexity index is 898. The maximum absolute atomic E-state index is 11.8. The zero-order chi connectivity index (χ0) is 21.3. The van der Waals surface area contributed by atoms with E-state index in [4.69, 9.17) is 9.47 Å². The molecule has 0 aromatic heterocycles. The van der Waals surface area contributed by atoms with Gasteiger partial charge in [-0.2, -0.15) is 0 Å². The Morgan fingerprint density at radius 1 is 1.19 bits per heavy atom. The standard InChI is InChI=1S/C23H30N4O3.HI/c1-16-7-8-19(21(11-16)30-20-9-10-29-15-20)14-27-23(25-3)26-13-17-5-4-6-18(12-17)22(28)24-2;/h4-8,11-12,20H,9-10,13-15H2,1-3H3,(H,24,28)(H2,25,26,27);1H. The monoisotopic (exact) mass is 538 g/mol. The zero-order valence-corrected chi connectivity index (χ0v) is 20.6. The fourth-order valence-corrected chi connectivity index (χ4v) is 3.26. The van der Waals surface area contributed by atoms with Crippen LogP contribution in [0.2, 0.25) is 0 Å². The van der Waals surface area contributed by atoms with Crippen LogP contribution in [0.5, 0.6) is 5.75 Å². The van der Waals surface area contributed by atoms with Gasteiger partial charge in [-0.25, -0.2) is 0 Å². The number of amides is 1. The summed E-state index contributed by atoms with van der Waals surface area (Å²) in [5.41, 5.74) is 3.86. The van der Waals surface area contributed by atoms with Crippen molar-refractivity contribution in [2.24, 2.45) is 4.99 Å². The highest BCUT2D eigenvalue weighted by atomic mass is 127. The van der Waals surface area contributed by atoms with Crippen LogP contribution in [0.4, 0.5) is 0 Å².